The average Bonchev–Trinajstić information content (AvgIpc) is 2.48. The standard InChI is InChI=1S/C15H14BrN3O2/c1-11(12-6-2-3-7-13(12)16)17-18-14(20)10-19-9-5-4-8-15(19)21/h2-9H,10H2,1H3,(H,18,20)/b17-11-. The molecule has 0 aliphatic rings. The van der Waals surface area contributed by atoms with Crippen molar-refractivity contribution in [1.82, 2.24) is 9.99 Å². The summed E-state index contributed by atoms with van der Waals surface area (Å²) in [7, 11) is 0. The molecule has 2 rings (SSSR count). The molecule has 0 aliphatic heterocycles. The first kappa shape index (κ1) is 15.2. The number of hydrogen-bond donors (Lipinski definition) is 1. The first-order valence-electron chi connectivity index (χ1n) is 6.31. The van der Waals surface area contributed by atoms with Gasteiger partial charge in [0.05, 0.1) is 5.71 Å². The summed E-state index contributed by atoms with van der Waals surface area (Å²) in [4.78, 5) is 23.3. The Labute approximate surface area is 130 Å². The molecule has 0 fully saturated rings. The summed E-state index contributed by atoms with van der Waals surface area (Å²) < 4.78 is 2.22. The van der Waals surface area contributed by atoms with Gasteiger partial charge in [-0.05, 0) is 19.1 Å². The van der Waals surface area contributed by atoms with E-state index in [9.17, 15) is 9.59 Å². The Balaban J connectivity index is 2.04. The van der Waals surface area contributed by atoms with Gasteiger partial charge in [0, 0.05) is 22.3 Å². The number of rotatable bonds is 4. The SMILES string of the molecule is C/C(=N/NC(=O)Cn1ccccc1=O)c1ccccc1Br. The summed E-state index contributed by atoms with van der Waals surface area (Å²) in [6.45, 7) is 1.74. The van der Waals surface area contributed by atoms with Gasteiger partial charge in [-0.25, -0.2) is 5.43 Å². The number of amides is 1. The van der Waals surface area contributed by atoms with E-state index in [4.69, 9.17) is 0 Å². The second-order valence-electron chi connectivity index (χ2n) is 4.38. The summed E-state index contributed by atoms with van der Waals surface area (Å²) >= 11 is 3.43. The molecular formula is C15H14BrN3O2. The Morgan fingerprint density at radius 2 is 1.95 bits per heavy atom. The Kier molecular flexibility index (Phi) is 5.05. The van der Waals surface area contributed by atoms with Crippen LogP contribution in [0.2, 0.25) is 0 Å². The van der Waals surface area contributed by atoms with Crippen LogP contribution in [0.3, 0.4) is 0 Å². The second kappa shape index (κ2) is 6.99. The predicted octanol–water partition coefficient (Wildman–Crippen LogP) is 2.15. The molecule has 1 aromatic heterocycles. The van der Waals surface area contributed by atoms with E-state index in [1.54, 1.807) is 25.3 Å². The van der Waals surface area contributed by atoms with Gasteiger partial charge in [0.2, 0.25) is 0 Å². The number of pyridine rings is 1. The fourth-order valence-electron chi connectivity index (χ4n) is 1.74. The van der Waals surface area contributed by atoms with E-state index in [-0.39, 0.29) is 18.0 Å². The molecule has 0 saturated heterocycles. The Hall–Kier alpha value is -2.21. The highest BCUT2D eigenvalue weighted by Gasteiger charge is 2.05. The molecular weight excluding hydrogens is 334 g/mol. The lowest BCUT2D eigenvalue weighted by atomic mass is 10.1. The van der Waals surface area contributed by atoms with Crippen LogP contribution in [0.5, 0.6) is 0 Å². The molecule has 0 spiro atoms. The lowest BCUT2D eigenvalue weighted by Crippen LogP contribution is -2.29. The van der Waals surface area contributed by atoms with Crippen molar-refractivity contribution in [2.24, 2.45) is 5.10 Å². The number of hydrazone groups is 1. The van der Waals surface area contributed by atoms with E-state index in [1.807, 2.05) is 24.3 Å². The minimum absolute atomic E-state index is 0.0631. The maximum absolute atomic E-state index is 11.8. The molecule has 6 heteroatoms. The Morgan fingerprint density at radius 3 is 2.67 bits per heavy atom. The second-order valence-corrected chi connectivity index (χ2v) is 5.23. The van der Waals surface area contributed by atoms with Crippen molar-refractivity contribution in [2.75, 3.05) is 0 Å². The van der Waals surface area contributed by atoms with Crippen LogP contribution in [0.1, 0.15) is 12.5 Å². The lowest BCUT2D eigenvalue weighted by Gasteiger charge is -2.06. The fraction of sp³-hybridized carbons (Fsp3) is 0.133. The molecule has 0 aliphatic carbocycles. The van der Waals surface area contributed by atoms with Crippen LogP contribution in [-0.2, 0) is 11.3 Å². The van der Waals surface area contributed by atoms with Gasteiger partial charge in [-0.2, -0.15) is 5.10 Å². The minimum Gasteiger partial charge on any atom is -0.306 e. The minimum atomic E-state index is -0.352. The Morgan fingerprint density at radius 1 is 1.24 bits per heavy atom. The summed E-state index contributed by atoms with van der Waals surface area (Å²) in [6, 6.07) is 12.3. The number of nitrogens with zero attached hydrogens (tertiary/aromatic N) is 2. The third-order valence-corrected chi connectivity index (χ3v) is 3.52. The molecule has 108 valence electrons. The van der Waals surface area contributed by atoms with Crippen molar-refractivity contribution in [3.8, 4) is 0 Å². The summed E-state index contributed by atoms with van der Waals surface area (Å²) in [6.07, 6.45) is 1.56. The van der Waals surface area contributed by atoms with Crippen molar-refractivity contribution < 1.29 is 4.79 Å². The molecule has 1 aromatic carbocycles. The highest BCUT2D eigenvalue weighted by Crippen LogP contribution is 2.16. The van der Waals surface area contributed by atoms with Crippen LogP contribution < -0.4 is 11.0 Å². The zero-order chi connectivity index (χ0) is 15.2. The summed E-state index contributed by atoms with van der Waals surface area (Å²) in [5.41, 5.74) is 3.80. The van der Waals surface area contributed by atoms with Crippen molar-refractivity contribution >= 4 is 27.5 Å². The largest absolute Gasteiger partial charge is 0.306 e. The van der Waals surface area contributed by atoms with Gasteiger partial charge in [-0.1, -0.05) is 40.2 Å². The molecule has 21 heavy (non-hydrogen) atoms. The third kappa shape index (κ3) is 4.13. The smallest absolute Gasteiger partial charge is 0.260 e. The molecule has 0 atom stereocenters. The number of halogens is 1. The van der Waals surface area contributed by atoms with E-state index in [1.165, 1.54) is 10.6 Å². The van der Waals surface area contributed by atoms with E-state index in [0.29, 0.717) is 5.71 Å². The van der Waals surface area contributed by atoms with Gasteiger partial charge in [0.25, 0.3) is 11.5 Å². The van der Waals surface area contributed by atoms with E-state index in [2.05, 4.69) is 26.5 Å². The van der Waals surface area contributed by atoms with Crippen LogP contribution in [0.15, 0.2) is 63.0 Å². The van der Waals surface area contributed by atoms with Gasteiger partial charge in [-0.15, -0.1) is 0 Å². The molecule has 0 saturated carbocycles. The topological polar surface area (TPSA) is 63.5 Å². The van der Waals surface area contributed by atoms with E-state index in [0.717, 1.165) is 10.0 Å². The molecule has 0 radical (unpaired) electrons. The van der Waals surface area contributed by atoms with Crippen LogP contribution in [-0.4, -0.2) is 16.2 Å². The number of hydrogen-bond acceptors (Lipinski definition) is 3. The maximum atomic E-state index is 11.8. The molecule has 5 nitrogen and oxygen atoms in total. The number of benzene rings is 1. The molecule has 0 bridgehead atoms. The fourth-order valence-corrected chi connectivity index (χ4v) is 2.31. The van der Waals surface area contributed by atoms with Gasteiger partial charge in [-0.3, -0.25) is 9.59 Å². The third-order valence-electron chi connectivity index (χ3n) is 2.82. The number of carbonyl (C=O) groups is 1. The maximum Gasteiger partial charge on any atom is 0.260 e. The predicted molar refractivity (Wildman–Crippen MR) is 85.2 cm³/mol. The van der Waals surface area contributed by atoms with Crippen molar-refractivity contribution in [1.29, 1.82) is 0 Å². The van der Waals surface area contributed by atoms with Crippen LogP contribution in [0.25, 0.3) is 0 Å². The van der Waals surface area contributed by atoms with Gasteiger partial charge < -0.3 is 4.57 Å². The first-order valence-corrected chi connectivity index (χ1v) is 7.11. The summed E-state index contributed by atoms with van der Waals surface area (Å²) in [5, 5.41) is 4.05. The number of aromatic nitrogens is 1. The Bertz CT molecular complexity index is 737. The van der Waals surface area contributed by atoms with Crippen LogP contribution in [0.4, 0.5) is 0 Å². The molecule has 1 amide bonds. The summed E-state index contributed by atoms with van der Waals surface area (Å²) in [5.74, 6) is -0.352. The number of carbonyl (C=O) groups excluding carboxylic acids is 1. The van der Waals surface area contributed by atoms with Gasteiger partial charge >= 0.3 is 0 Å². The molecule has 1 heterocycles. The molecule has 2 aromatic rings. The quantitative estimate of drug-likeness (QED) is 0.680. The average molecular weight is 348 g/mol. The monoisotopic (exact) mass is 347 g/mol. The van der Waals surface area contributed by atoms with Crippen LogP contribution >= 0.6 is 15.9 Å². The van der Waals surface area contributed by atoms with Crippen LogP contribution in [0, 0.1) is 0 Å². The zero-order valence-electron chi connectivity index (χ0n) is 11.4. The molecule has 0 unspecified atom stereocenters. The highest BCUT2D eigenvalue weighted by molar-refractivity contribution is 9.10. The lowest BCUT2D eigenvalue weighted by molar-refractivity contribution is -0.121. The van der Waals surface area contributed by atoms with E-state index >= 15 is 0 Å². The highest BCUT2D eigenvalue weighted by atomic mass is 79.9. The van der Waals surface area contributed by atoms with Crippen molar-refractivity contribution in [3.05, 3.63) is 69.1 Å². The normalized spacial score (nSPS) is 11.2. The van der Waals surface area contributed by atoms with Gasteiger partial charge in [0.1, 0.15) is 6.54 Å². The van der Waals surface area contributed by atoms with E-state index < -0.39 is 0 Å². The van der Waals surface area contributed by atoms with Crippen molar-refractivity contribution in [3.63, 3.8) is 0 Å². The zero-order valence-corrected chi connectivity index (χ0v) is 13.0. The molecule has 1 N–H and O–H groups in total. The first-order chi connectivity index (χ1) is 10.1. The number of nitrogens with one attached hydrogen (secondary N) is 1. The van der Waals surface area contributed by atoms with Gasteiger partial charge in [0.15, 0.2) is 0 Å². The van der Waals surface area contributed by atoms with Crippen molar-refractivity contribution in [2.45, 2.75) is 13.5 Å².